The monoisotopic (exact) mass is 272 g/mol. The van der Waals surface area contributed by atoms with E-state index in [2.05, 4.69) is 17.3 Å². The van der Waals surface area contributed by atoms with Crippen molar-refractivity contribution in [1.29, 1.82) is 0 Å². The van der Waals surface area contributed by atoms with Crippen molar-refractivity contribution in [3.8, 4) is 0 Å². The zero-order valence-corrected chi connectivity index (χ0v) is 11.6. The predicted octanol–water partition coefficient (Wildman–Crippen LogP) is 3.89. The number of nitrogens with zero attached hydrogens (tertiary/aromatic N) is 1. The van der Waals surface area contributed by atoms with E-state index < -0.39 is 0 Å². The number of anilines is 1. The number of likely N-dealkylation sites (tertiary alicyclic amines) is 1. The van der Waals surface area contributed by atoms with Crippen LogP contribution in [-0.2, 0) is 0 Å². The van der Waals surface area contributed by atoms with Gasteiger partial charge in [-0.15, -0.1) is 0 Å². The van der Waals surface area contributed by atoms with Crippen LogP contribution in [0.4, 0.5) is 5.69 Å². The lowest BCUT2D eigenvalue weighted by molar-refractivity contribution is 0.348. The number of hydrogen-bond donors (Lipinski definition) is 1. The van der Waals surface area contributed by atoms with E-state index in [-0.39, 0.29) is 0 Å². The SMILES string of the molecule is CN1CCCC(Nc2ccc(Cl)cc2Cl)CC1. The van der Waals surface area contributed by atoms with Gasteiger partial charge in [0.1, 0.15) is 0 Å². The lowest BCUT2D eigenvalue weighted by atomic mass is 10.1. The Balaban J connectivity index is 2.00. The summed E-state index contributed by atoms with van der Waals surface area (Å²) in [5.74, 6) is 0. The first-order valence-electron chi connectivity index (χ1n) is 6.05. The van der Waals surface area contributed by atoms with Crippen molar-refractivity contribution in [2.24, 2.45) is 0 Å². The third kappa shape index (κ3) is 3.77. The Kier molecular flexibility index (Phi) is 4.55. The van der Waals surface area contributed by atoms with Gasteiger partial charge in [0.2, 0.25) is 0 Å². The molecular formula is C13H18Cl2N2. The number of hydrogen-bond acceptors (Lipinski definition) is 2. The molecule has 0 saturated carbocycles. The minimum Gasteiger partial charge on any atom is -0.381 e. The molecule has 4 heteroatoms. The fraction of sp³-hybridized carbons (Fsp3) is 0.538. The van der Waals surface area contributed by atoms with Gasteiger partial charge < -0.3 is 10.2 Å². The van der Waals surface area contributed by atoms with E-state index in [4.69, 9.17) is 23.2 Å². The largest absolute Gasteiger partial charge is 0.381 e. The Morgan fingerprint density at radius 1 is 1.24 bits per heavy atom. The summed E-state index contributed by atoms with van der Waals surface area (Å²) in [7, 11) is 2.18. The van der Waals surface area contributed by atoms with E-state index in [0.717, 1.165) is 18.7 Å². The molecule has 1 heterocycles. The molecule has 0 spiro atoms. The second kappa shape index (κ2) is 5.94. The van der Waals surface area contributed by atoms with E-state index in [9.17, 15) is 0 Å². The second-order valence-electron chi connectivity index (χ2n) is 4.70. The van der Waals surface area contributed by atoms with Crippen molar-refractivity contribution < 1.29 is 0 Å². The third-order valence-corrected chi connectivity index (χ3v) is 3.79. The molecule has 0 radical (unpaired) electrons. The molecule has 2 nitrogen and oxygen atoms in total. The molecule has 1 atom stereocenters. The van der Waals surface area contributed by atoms with Gasteiger partial charge in [0.15, 0.2) is 0 Å². The summed E-state index contributed by atoms with van der Waals surface area (Å²) < 4.78 is 0. The maximum Gasteiger partial charge on any atom is 0.0652 e. The molecule has 1 fully saturated rings. The molecule has 1 unspecified atom stereocenters. The Morgan fingerprint density at radius 3 is 2.82 bits per heavy atom. The maximum absolute atomic E-state index is 6.16. The van der Waals surface area contributed by atoms with E-state index in [1.54, 1.807) is 6.07 Å². The van der Waals surface area contributed by atoms with Crippen LogP contribution in [-0.4, -0.2) is 31.1 Å². The van der Waals surface area contributed by atoms with Crippen LogP contribution in [0, 0.1) is 0 Å². The van der Waals surface area contributed by atoms with Crippen LogP contribution in [0.25, 0.3) is 0 Å². The molecule has 0 amide bonds. The van der Waals surface area contributed by atoms with Crippen LogP contribution >= 0.6 is 23.2 Å². The van der Waals surface area contributed by atoms with Gasteiger partial charge >= 0.3 is 0 Å². The first kappa shape index (κ1) is 13.0. The van der Waals surface area contributed by atoms with Crippen LogP contribution in [0.2, 0.25) is 10.0 Å². The van der Waals surface area contributed by atoms with Gasteiger partial charge in [-0.2, -0.15) is 0 Å². The van der Waals surface area contributed by atoms with E-state index in [0.29, 0.717) is 16.1 Å². The molecule has 1 aliphatic rings. The van der Waals surface area contributed by atoms with Gasteiger partial charge in [-0.1, -0.05) is 23.2 Å². The first-order chi connectivity index (χ1) is 8.15. The minimum atomic E-state index is 0.513. The van der Waals surface area contributed by atoms with Crippen LogP contribution in [0.15, 0.2) is 18.2 Å². The zero-order chi connectivity index (χ0) is 12.3. The van der Waals surface area contributed by atoms with Crippen molar-refractivity contribution in [1.82, 2.24) is 4.90 Å². The zero-order valence-electron chi connectivity index (χ0n) is 10.0. The van der Waals surface area contributed by atoms with Crippen LogP contribution in [0.3, 0.4) is 0 Å². The van der Waals surface area contributed by atoms with Gasteiger partial charge in [0, 0.05) is 11.1 Å². The standard InChI is InChI=1S/C13H18Cl2N2/c1-17-7-2-3-11(6-8-17)16-13-5-4-10(14)9-12(13)15/h4-5,9,11,16H,2-3,6-8H2,1H3. The lowest BCUT2D eigenvalue weighted by Gasteiger charge is -2.19. The van der Waals surface area contributed by atoms with Gasteiger partial charge in [-0.3, -0.25) is 0 Å². The molecule has 94 valence electrons. The molecule has 0 aromatic heterocycles. The number of halogens is 2. The predicted molar refractivity (Wildman–Crippen MR) is 75.2 cm³/mol. The third-order valence-electron chi connectivity index (χ3n) is 3.24. The quantitative estimate of drug-likeness (QED) is 0.879. The van der Waals surface area contributed by atoms with E-state index >= 15 is 0 Å². The molecular weight excluding hydrogens is 255 g/mol. The van der Waals surface area contributed by atoms with Gasteiger partial charge in [0.25, 0.3) is 0 Å². The number of benzene rings is 1. The first-order valence-corrected chi connectivity index (χ1v) is 6.81. The Hall–Kier alpha value is -0.440. The number of rotatable bonds is 2. The van der Waals surface area contributed by atoms with Crippen molar-refractivity contribution >= 4 is 28.9 Å². The molecule has 0 bridgehead atoms. The highest BCUT2D eigenvalue weighted by molar-refractivity contribution is 6.36. The van der Waals surface area contributed by atoms with E-state index in [1.807, 2.05) is 12.1 Å². The Morgan fingerprint density at radius 2 is 2.06 bits per heavy atom. The lowest BCUT2D eigenvalue weighted by Crippen LogP contribution is -2.23. The highest BCUT2D eigenvalue weighted by atomic mass is 35.5. The highest BCUT2D eigenvalue weighted by Gasteiger charge is 2.15. The fourth-order valence-electron chi connectivity index (χ4n) is 2.21. The molecule has 0 aliphatic carbocycles. The van der Waals surface area contributed by atoms with Crippen molar-refractivity contribution in [3.05, 3.63) is 28.2 Å². The molecule has 2 rings (SSSR count). The Labute approximate surface area is 113 Å². The summed E-state index contributed by atoms with van der Waals surface area (Å²) >= 11 is 12.0. The molecule has 17 heavy (non-hydrogen) atoms. The summed E-state index contributed by atoms with van der Waals surface area (Å²) in [6.07, 6.45) is 3.60. The summed E-state index contributed by atoms with van der Waals surface area (Å²) in [6.45, 7) is 2.33. The van der Waals surface area contributed by atoms with Gasteiger partial charge in [-0.05, 0) is 57.6 Å². The molecule has 1 aromatic carbocycles. The van der Waals surface area contributed by atoms with Crippen molar-refractivity contribution in [3.63, 3.8) is 0 Å². The van der Waals surface area contributed by atoms with Crippen LogP contribution in [0.1, 0.15) is 19.3 Å². The highest BCUT2D eigenvalue weighted by Crippen LogP contribution is 2.27. The summed E-state index contributed by atoms with van der Waals surface area (Å²) in [4.78, 5) is 2.38. The minimum absolute atomic E-state index is 0.513. The molecule has 1 aromatic rings. The second-order valence-corrected chi connectivity index (χ2v) is 5.54. The molecule has 1 N–H and O–H groups in total. The molecule has 1 saturated heterocycles. The van der Waals surface area contributed by atoms with Crippen LogP contribution < -0.4 is 5.32 Å². The Bertz CT molecular complexity index is 382. The summed E-state index contributed by atoms with van der Waals surface area (Å²) in [5.41, 5.74) is 0.991. The maximum atomic E-state index is 6.16. The van der Waals surface area contributed by atoms with Gasteiger partial charge in [0.05, 0.1) is 10.7 Å². The summed E-state index contributed by atoms with van der Waals surface area (Å²) in [6, 6.07) is 6.13. The average Bonchev–Trinajstić information content (AvgIpc) is 2.48. The van der Waals surface area contributed by atoms with Crippen molar-refractivity contribution in [2.75, 3.05) is 25.5 Å². The van der Waals surface area contributed by atoms with Crippen LogP contribution in [0.5, 0.6) is 0 Å². The topological polar surface area (TPSA) is 15.3 Å². The van der Waals surface area contributed by atoms with Gasteiger partial charge in [-0.25, -0.2) is 0 Å². The number of nitrogens with one attached hydrogen (secondary N) is 1. The average molecular weight is 273 g/mol. The summed E-state index contributed by atoms with van der Waals surface area (Å²) in [5, 5.41) is 4.91. The fourth-order valence-corrected chi connectivity index (χ4v) is 2.67. The molecule has 1 aliphatic heterocycles. The van der Waals surface area contributed by atoms with Crippen molar-refractivity contribution in [2.45, 2.75) is 25.3 Å². The van der Waals surface area contributed by atoms with E-state index in [1.165, 1.54) is 19.4 Å². The normalized spacial score (nSPS) is 22.2. The smallest absolute Gasteiger partial charge is 0.0652 e.